The summed E-state index contributed by atoms with van der Waals surface area (Å²) in [6.45, 7) is 4.60. The molecule has 0 aromatic heterocycles. The van der Waals surface area contributed by atoms with Crippen LogP contribution in [0.1, 0.15) is 18.1 Å². The summed E-state index contributed by atoms with van der Waals surface area (Å²) in [6, 6.07) is 8.00. The molecular formula is C13H13NOS2. The summed E-state index contributed by atoms with van der Waals surface area (Å²) in [4.78, 5) is 14.4. The summed E-state index contributed by atoms with van der Waals surface area (Å²) in [5.74, 6) is 0.0192. The minimum atomic E-state index is 0.0192. The third kappa shape index (κ3) is 2.42. The third-order valence-corrected chi connectivity index (χ3v) is 4.04. The first-order valence-corrected chi connectivity index (χ1v) is 6.67. The van der Waals surface area contributed by atoms with E-state index in [-0.39, 0.29) is 5.91 Å². The van der Waals surface area contributed by atoms with E-state index >= 15 is 0 Å². The van der Waals surface area contributed by atoms with E-state index in [1.165, 1.54) is 11.8 Å². The zero-order chi connectivity index (χ0) is 12.4. The number of rotatable bonds is 2. The maximum absolute atomic E-state index is 12.0. The molecule has 0 spiro atoms. The quantitative estimate of drug-likeness (QED) is 0.603. The van der Waals surface area contributed by atoms with Crippen LogP contribution in [0, 0.1) is 6.92 Å². The van der Waals surface area contributed by atoms with E-state index in [0.717, 1.165) is 11.1 Å². The highest BCUT2D eigenvalue weighted by Gasteiger charge is 2.30. The van der Waals surface area contributed by atoms with Crippen molar-refractivity contribution in [3.8, 4) is 0 Å². The van der Waals surface area contributed by atoms with Gasteiger partial charge < -0.3 is 0 Å². The van der Waals surface area contributed by atoms with E-state index in [4.69, 9.17) is 12.2 Å². The van der Waals surface area contributed by atoms with Gasteiger partial charge in [0.15, 0.2) is 0 Å². The molecule has 2 nitrogen and oxygen atoms in total. The van der Waals surface area contributed by atoms with Gasteiger partial charge in [0.1, 0.15) is 4.32 Å². The van der Waals surface area contributed by atoms with E-state index in [2.05, 4.69) is 0 Å². The van der Waals surface area contributed by atoms with Gasteiger partial charge in [0.05, 0.1) is 4.91 Å². The first-order chi connectivity index (χ1) is 8.13. The Labute approximate surface area is 111 Å². The molecule has 1 fully saturated rings. The van der Waals surface area contributed by atoms with E-state index < -0.39 is 0 Å². The lowest BCUT2D eigenvalue weighted by Gasteiger charge is -2.09. The summed E-state index contributed by atoms with van der Waals surface area (Å²) >= 11 is 6.55. The van der Waals surface area contributed by atoms with Gasteiger partial charge in [-0.2, -0.15) is 0 Å². The molecule has 0 atom stereocenters. The van der Waals surface area contributed by atoms with Gasteiger partial charge in [0.25, 0.3) is 5.91 Å². The zero-order valence-electron chi connectivity index (χ0n) is 9.77. The van der Waals surface area contributed by atoms with Crippen molar-refractivity contribution in [1.82, 2.24) is 4.90 Å². The molecule has 0 radical (unpaired) electrons. The van der Waals surface area contributed by atoms with Crippen molar-refractivity contribution in [2.75, 3.05) is 6.54 Å². The molecular weight excluding hydrogens is 250 g/mol. The Morgan fingerprint density at radius 1 is 1.41 bits per heavy atom. The van der Waals surface area contributed by atoms with Crippen LogP contribution in [-0.4, -0.2) is 21.7 Å². The molecule has 0 bridgehead atoms. The minimum absolute atomic E-state index is 0.0192. The number of hydrogen-bond acceptors (Lipinski definition) is 3. The number of nitrogens with zero attached hydrogens (tertiary/aromatic N) is 1. The van der Waals surface area contributed by atoms with Gasteiger partial charge in [-0.3, -0.25) is 9.69 Å². The third-order valence-electron chi connectivity index (χ3n) is 2.66. The van der Waals surface area contributed by atoms with Gasteiger partial charge in [0.2, 0.25) is 0 Å². The van der Waals surface area contributed by atoms with Crippen molar-refractivity contribution in [3.63, 3.8) is 0 Å². The van der Waals surface area contributed by atoms with Crippen molar-refractivity contribution in [2.24, 2.45) is 0 Å². The van der Waals surface area contributed by atoms with Crippen LogP contribution >= 0.6 is 24.0 Å². The zero-order valence-corrected chi connectivity index (χ0v) is 11.4. The van der Waals surface area contributed by atoms with Crippen molar-refractivity contribution < 1.29 is 4.79 Å². The number of aryl methyl sites for hydroxylation is 1. The van der Waals surface area contributed by atoms with E-state index in [1.54, 1.807) is 4.90 Å². The lowest BCUT2D eigenvalue weighted by molar-refractivity contribution is -0.121. The van der Waals surface area contributed by atoms with Gasteiger partial charge in [-0.1, -0.05) is 48.2 Å². The molecule has 0 N–H and O–H groups in total. The number of likely N-dealkylation sites (N-methyl/N-ethyl adjacent to an activating group) is 1. The van der Waals surface area contributed by atoms with Crippen molar-refractivity contribution in [1.29, 1.82) is 0 Å². The van der Waals surface area contributed by atoms with Crippen LogP contribution in [0.5, 0.6) is 0 Å². The molecule has 0 aliphatic carbocycles. The molecule has 2 rings (SSSR count). The topological polar surface area (TPSA) is 20.3 Å². The number of carbonyl (C=O) groups is 1. The molecule has 1 aromatic carbocycles. The molecule has 1 aliphatic rings. The Balaban J connectivity index is 2.34. The molecule has 1 saturated heterocycles. The van der Waals surface area contributed by atoms with Crippen LogP contribution in [0.2, 0.25) is 0 Å². The lowest BCUT2D eigenvalue weighted by Crippen LogP contribution is -2.27. The summed E-state index contributed by atoms with van der Waals surface area (Å²) in [5.41, 5.74) is 2.23. The molecule has 1 aromatic rings. The maximum atomic E-state index is 12.0. The molecule has 4 heteroatoms. The monoisotopic (exact) mass is 263 g/mol. The highest BCUT2D eigenvalue weighted by molar-refractivity contribution is 8.26. The van der Waals surface area contributed by atoms with Gasteiger partial charge in [-0.05, 0) is 31.1 Å². The summed E-state index contributed by atoms with van der Waals surface area (Å²) in [7, 11) is 0. The smallest absolute Gasteiger partial charge is 0.266 e. The fraction of sp³-hybridized carbons (Fsp3) is 0.231. The predicted molar refractivity (Wildman–Crippen MR) is 76.7 cm³/mol. The number of thiocarbonyl (C=S) groups is 1. The Hall–Kier alpha value is -1.13. The number of hydrogen-bond donors (Lipinski definition) is 0. The first-order valence-electron chi connectivity index (χ1n) is 5.44. The Morgan fingerprint density at radius 3 is 2.71 bits per heavy atom. The highest BCUT2D eigenvalue weighted by Crippen LogP contribution is 2.32. The summed E-state index contributed by atoms with van der Waals surface area (Å²) in [6.07, 6.45) is 1.92. The molecule has 0 unspecified atom stereocenters. The maximum Gasteiger partial charge on any atom is 0.266 e. The standard InChI is InChI=1S/C13H13NOS2/c1-3-14-12(15)11(17-13(14)16)8-10-7-5-4-6-9(10)2/h4-8H,3H2,1-2H3. The molecule has 1 amide bonds. The summed E-state index contributed by atoms with van der Waals surface area (Å²) < 4.78 is 0.650. The Bertz CT molecular complexity index is 508. The molecule has 88 valence electrons. The van der Waals surface area contributed by atoms with Crippen molar-refractivity contribution in [3.05, 3.63) is 40.3 Å². The normalized spacial score (nSPS) is 18.2. The van der Waals surface area contributed by atoms with Crippen LogP contribution in [0.3, 0.4) is 0 Å². The highest BCUT2D eigenvalue weighted by atomic mass is 32.2. The Kier molecular flexibility index (Phi) is 3.64. The van der Waals surface area contributed by atoms with Gasteiger partial charge in [-0.15, -0.1) is 0 Å². The average Bonchev–Trinajstić information content (AvgIpc) is 2.57. The molecule has 1 heterocycles. The van der Waals surface area contributed by atoms with Crippen LogP contribution in [0.25, 0.3) is 6.08 Å². The minimum Gasteiger partial charge on any atom is -0.293 e. The SMILES string of the molecule is CCN1C(=O)C(=Cc2ccccc2C)SC1=S. The van der Waals surface area contributed by atoms with Crippen LogP contribution in [0.15, 0.2) is 29.2 Å². The number of benzene rings is 1. The second kappa shape index (κ2) is 5.02. The van der Waals surface area contributed by atoms with Crippen molar-refractivity contribution >= 4 is 40.3 Å². The van der Waals surface area contributed by atoms with E-state index in [1.807, 2.05) is 44.2 Å². The second-order valence-corrected chi connectivity index (χ2v) is 5.46. The largest absolute Gasteiger partial charge is 0.293 e. The fourth-order valence-corrected chi connectivity index (χ4v) is 3.04. The average molecular weight is 263 g/mol. The van der Waals surface area contributed by atoms with Gasteiger partial charge >= 0.3 is 0 Å². The first kappa shape index (κ1) is 12.3. The fourth-order valence-electron chi connectivity index (χ4n) is 1.66. The number of carbonyl (C=O) groups excluding carboxylic acids is 1. The molecule has 0 saturated carbocycles. The lowest BCUT2D eigenvalue weighted by atomic mass is 10.1. The summed E-state index contributed by atoms with van der Waals surface area (Å²) in [5, 5.41) is 0. The van der Waals surface area contributed by atoms with E-state index in [0.29, 0.717) is 15.8 Å². The van der Waals surface area contributed by atoms with Gasteiger partial charge in [0, 0.05) is 6.54 Å². The molecule has 17 heavy (non-hydrogen) atoms. The van der Waals surface area contributed by atoms with Crippen LogP contribution in [0.4, 0.5) is 0 Å². The predicted octanol–water partition coefficient (Wildman–Crippen LogP) is 3.22. The van der Waals surface area contributed by atoms with Crippen LogP contribution in [-0.2, 0) is 4.79 Å². The van der Waals surface area contributed by atoms with Crippen molar-refractivity contribution in [2.45, 2.75) is 13.8 Å². The molecule has 1 aliphatic heterocycles. The number of thioether (sulfide) groups is 1. The van der Waals surface area contributed by atoms with Gasteiger partial charge in [-0.25, -0.2) is 0 Å². The van der Waals surface area contributed by atoms with E-state index in [9.17, 15) is 4.79 Å². The number of amides is 1. The Morgan fingerprint density at radius 2 is 2.12 bits per heavy atom. The van der Waals surface area contributed by atoms with Crippen LogP contribution < -0.4 is 0 Å². The second-order valence-electron chi connectivity index (χ2n) is 3.78.